The molecule has 0 aromatic heterocycles. The summed E-state index contributed by atoms with van der Waals surface area (Å²) in [6.07, 6.45) is 2.92. The fourth-order valence-electron chi connectivity index (χ4n) is 1.71. The summed E-state index contributed by atoms with van der Waals surface area (Å²) in [5, 5.41) is 12.5. The fraction of sp³-hybridized carbons (Fsp3) is 0.538. The molecule has 0 saturated heterocycles. The van der Waals surface area contributed by atoms with Crippen molar-refractivity contribution in [3.63, 3.8) is 0 Å². The van der Waals surface area contributed by atoms with Crippen molar-refractivity contribution in [3.05, 3.63) is 35.9 Å². The zero-order valence-electron chi connectivity index (χ0n) is 10.0. The normalized spacial score (nSPS) is 14.7. The standard InChI is InChI=1S/C13H21NOS/c1-11(8-9-15)14-13(10-16-2)12-6-4-3-5-7-12/h3-7,11,13-15H,8-10H2,1-2H3/t11-,13?/m1/s1. The molecule has 0 aliphatic heterocycles. The van der Waals surface area contributed by atoms with E-state index in [1.54, 1.807) is 0 Å². The average molecular weight is 239 g/mol. The lowest BCUT2D eigenvalue weighted by Crippen LogP contribution is -2.32. The Morgan fingerprint density at radius 3 is 2.56 bits per heavy atom. The van der Waals surface area contributed by atoms with Crippen LogP contribution >= 0.6 is 11.8 Å². The minimum Gasteiger partial charge on any atom is -0.396 e. The topological polar surface area (TPSA) is 32.3 Å². The van der Waals surface area contributed by atoms with Crippen LogP contribution in [0.1, 0.15) is 24.9 Å². The van der Waals surface area contributed by atoms with E-state index in [1.165, 1.54) is 5.56 Å². The predicted molar refractivity (Wildman–Crippen MR) is 71.9 cm³/mol. The summed E-state index contributed by atoms with van der Waals surface area (Å²) in [5.41, 5.74) is 1.32. The van der Waals surface area contributed by atoms with E-state index in [2.05, 4.69) is 42.8 Å². The molecule has 0 aliphatic carbocycles. The van der Waals surface area contributed by atoms with E-state index < -0.39 is 0 Å². The van der Waals surface area contributed by atoms with Crippen LogP contribution in [0.2, 0.25) is 0 Å². The van der Waals surface area contributed by atoms with E-state index in [0.29, 0.717) is 12.1 Å². The molecular formula is C13H21NOS. The van der Waals surface area contributed by atoms with Gasteiger partial charge in [0, 0.05) is 24.4 Å². The summed E-state index contributed by atoms with van der Waals surface area (Å²) in [5.74, 6) is 1.06. The second-order valence-corrected chi connectivity index (χ2v) is 4.91. The third kappa shape index (κ3) is 4.56. The molecule has 0 bridgehead atoms. The predicted octanol–water partition coefficient (Wildman–Crippen LogP) is 2.45. The maximum Gasteiger partial charge on any atom is 0.0445 e. The van der Waals surface area contributed by atoms with Crippen molar-refractivity contribution in [2.45, 2.75) is 25.4 Å². The number of thioether (sulfide) groups is 1. The van der Waals surface area contributed by atoms with Gasteiger partial charge in [-0.05, 0) is 25.2 Å². The summed E-state index contributed by atoms with van der Waals surface area (Å²) < 4.78 is 0. The lowest BCUT2D eigenvalue weighted by atomic mass is 10.1. The summed E-state index contributed by atoms with van der Waals surface area (Å²) in [6, 6.07) is 11.2. The number of rotatable bonds is 7. The van der Waals surface area contributed by atoms with Gasteiger partial charge < -0.3 is 10.4 Å². The van der Waals surface area contributed by atoms with Crippen molar-refractivity contribution in [1.29, 1.82) is 0 Å². The molecule has 2 N–H and O–H groups in total. The first-order valence-electron chi connectivity index (χ1n) is 5.68. The summed E-state index contributed by atoms with van der Waals surface area (Å²) in [7, 11) is 0. The second-order valence-electron chi connectivity index (χ2n) is 4.00. The molecule has 3 heteroatoms. The van der Waals surface area contributed by atoms with Crippen molar-refractivity contribution in [2.75, 3.05) is 18.6 Å². The Balaban J connectivity index is 2.60. The highest BCUT2D eigenvalue weighted by atomic mass is 32.2. The molecule has 1 aromatic carbocycles. The molecule has 0 amide bonds. The smallest absolute Gasteiger partial charge is 0.0445 e. The lowest BCUT2D eigenvalue weighted by molar-refractivity contribution is 0.265. The Morgan fingerprint density at radius 1 is 1.31 bits per heavy atom. The molecule has 0 aliphatic rings. The van der Waals surface area contributed by atoms with Crippen LogP contribution in [0.4, 0.5) is 0 Å². The summed E-state index contributed by atoms with van der Waals surface area (Å²) in [6.45, 7) is 2.36. The van der Waals surface area contributed by atoms with Crippen LogP contribution in [0.25, 0.3) is 0 Å². The molecule has 0 saturated carbocycles. The van der Waals surface area contributed by atoms with Crippen molar-refractivity contribution < 1.29 is 5.11 Å². The number of hydrogen-bond donors (Lipinski definition) is 2. The van der Waals surface area contributed by atoms with Crippen molar-refractivity contribution in [2.24, 2.45) is 0 Å². The number of nitrogens with one attached hydrogen (secondary N) is 1. The van der Waals surface area contributed by atoms with Crippen LogP contribution in [0.3, 0.4) is 0 Å². The molecular weight excluding hydrogens is 218 g/mol. The Kier molecular flexibility index (Phi) is 6.53. The third-order valence-electron chi connectivity index (χ3n) is 2.58. The molecule has 0 spiro atoms. The van der Waals surface area contributed by atoms with Gasteiger partial charge in [0.05, 0.1) is 0 Å². The van der Waals surface area contributed by atoms with E-state index in [4.69, 9.17) is 5.11 Å². The molecule has 2 atom stereocenters. The average Bonchev–Trinajstić information content (AvgIpc) is 2.30. The van der Waals surface area contributed by atoms with Crippen molar-refractivity contribution in [3.8, 4) is 0 Å². The Hall–Kier alpha value is -0.510. The maximum absolute atomic E-state index is 8.90. The number of hydrogen-bond acceptors (Lipinski definition) is 3. The largest absolute Gasteiger partial charge is 0.396 e. The quantitative estimate of drug-likeness (QED) is 0.766. The maximum atomic E-state index is 8.90. The zero-order chi connectivity index (χ0) is 11.8. The molecule has 1 unspecified atom stereocenters. The minimum atomic E-state index is 0.245. The van der Waals surface area contributed by atoms with Crippen LogP contribution in [-0.4, -0.2) is 29.8 Å². The number of benzene rings is 1. The van der Waals surface area contributed by atoms with E-state index >= 15 is 0 Å². The molecule has 1 rings (SSSR count). The highest BCUT2D eigenvalue weighted by Crippen LogP contribution is 2.17. The summed E-state index contributed by atoms with van der Waals surface area (Å²) >= 11 is 1.84. The number of aliphatic hydroxyl groups excluding tert-OH is 1. The monoisotopic (exact) mass is 239 g/mol. The highest BCUT2D eigenvalue weighted by molar-refractivity contribution is 7.98. The highest BCUT2D eigenvalue weighted by Gasteiger charge is 2.12. The fourth-order valence-corrected chi connectivity index (χ4v) is 2.34. The van der Waals surface area contributed by atoms with Gasteiger partial charge >= 0.3 is 0 Å². The van der Waals surface area contributed by atoms with Gasteiger partial charge in [0.15, 0.2) is 0 Å². The van der Waals surface area contributed by atoms with Crippen LogP contribution in [-0.2, 0) is 0 Å². The van der Waals surface area contributed by atoms with Crippen molar-refractivity contribution in [1.82, 2.24) is 5.32 Å². The Bertz CT molecular complexity index is 279. The molecule has 0 fully saturated rings. The van der Waals surface area contributed by atoms with Gasteiger partial charge in [-0.25, -0.2) is 0 Å². The van der Waals surface area contributed by atoms with Gasteiger partial charge in [0.25, 0.3) is 0 Å². The first kappa shape index (κ1) is 13.6. The first-order valence-corrected chi connectivity index (χ1v) is 7.08. The van der Waals surface area contributed by atoms with E-state index in [1.807, 2.05) is 17.8 Å². The van der Waals surface area contributed by atoms with Crippen molar-refractivity contribution >= 4 is 11.8 Å². The van der Waals surface area contributed by atoms with Gasteiger partial charge in [-0.15, -0.1) is 0 Å². The molecule has 1 aromatic rings. The zero-order valence-corrected chi connectivity index (χ0v) is 10.8. The first-order chi connectivity index (χ1) is 7.77. The molecule has 0 radical (unpaired) electrons. The minimum absolute atomic E-state index is 0.245. The Labute approximate surface area is 102 Å². The summed E-state index contributed by atoms with van der Waals surface area (Å²) in [4.78, 5) is 0. The molecule has 16 heavy (non-hydrogen) atoms. The Morgan fingerprint density at radius 2 is 2.00 bits per heavy atom. The van der Waals surface area contributed by atoms with Crippen LogP contribution in [0.5, 0.6) is 0 Å². The molecule has 0 heterocycles. The van der Waals surface area contributed by atoms with Gasteiger partial charge in [0.1, 0.15) is 0 Å². The van der Waals surface area contributed by atoms with E-state index in [0.717, 1.165) is 12.2 Å². The molecule has 2 nitrogen and oxygen atoms in total. The lowest BCUT2D eigenvalue weighted by Gasteiger charge is -2.22. The van der Waals surface area contributed by atoms with Crippen LogP contribution < -0.4 is 5.32 Å². The van der Waals surface area contributed by atoms with Crippen LogP contribution in [0, 0.1) is 0 Å². The van der Waals surface area contributed by atoms with E-state index in [9.17, 15) is 0 Å². The SMILES string of the molecule is CSCC(N[C@H](C)CCO)c1ccccc1. The second kappa shape index (κ2) is 7.71. The third-order valence-corrected chi connectivity index (χ3v) is 3.25. The van der Waals surface area contributed by atoms with Gasteiger partial charge in [-0.3, -0.25) is 0 Å². The van der Waals surface area contributed by atoms with Gasteiger partial charge in [-0.1, -0.05) is 30.3 Å². The molecule has 90 valence electrons. The number of aliphatic hydroxyl groups is 1. The van der Waals surface area contributed by atoms with Crippen LogP contribution in [0.15, 0.2) is 30.3 Å². The van der Waals surface area contributed by atoms with E-state index in [-0.39, 0.29) is 6.61 Å². The van der Waals surface area contributed by atoms with Gasteiger partial charge in [-0.2, -0.15) is 11.8 Å². The van der Waals surface area contributed by atoms with Gasteiger partial charge in [0.2, 0.25) is 0 Å².